The number of hydrogen-bond donors (Lipinski definition) is 2. The van der Waals surface area contributed by atoms with Gasteiger partial charge in [0.2, 0.25) is 0 Å². The maximum absolute atomic E-state index is 11.2. The van der Waals surface area contributed by atoms with Gasteiger partial charge in [-0.1, -0.05) is 37.2 Å². The van der Waals surface area contributed by atoms with Crippen LogP contribution in [0.3, 0.4) is 0 Å². The van der Waals surface area contributed by atoms with Gasteiger partial charge in [0.25, 0.3) is 0 Å². The summed E-state index contributed by atoms with van der Waals surface area (Å²) in [7, 11) is 0. The molecule has 18 heavy (non-hydrogen) atoms. The van der Waals surface area contributed by atoms with E-state index in [1.165, 1.54) is 11.8 Å². The predicted octanol–water partition coefficient (Wildman–Crippen LogP) is 3.03. The Kier molecular flexibility index (Phi) is 8.23. The van der Waals surface area contributed by atoms with Crippen LogP contribution in [0.4, 0.5) is 16.3 Å². The largest absolute Gasteiger partial charge is 0.450 e. The van der Waals surface area contributed by atoms with Crippen molar-refractivity contribution in [3.05, 3.63) is 5.15 Å². The van der Waals surface area contributed by atoms with Gasteiger partial charge in [0.15, 0.2) is 16.1 Å². The first kappa shape index (κ1) is 16.8. The number of nitrogen functional groups attached to an aromatic ring is 1. The smallest absolute Gasteiger partial charge is 0.412 e. The van der Waals surface area contributed by atoms with Gasteiger partial charge in [-0.05, 0) is 13.2 Å². The van der Waals surface area contributed by atoms with Crippen LogP contribution in [0.2, 0.25) is 5.15 Å². The van der Waals surface area contributed by atoms with E-state index < -0.39 is 6.09 Å². The van der Waals surface area contributed by atoms with E-state index in [0.717, 1.165) is 0 Å². The summed E-state index contributed by atoms with van der Waals surface area (Å²) in [5.41, 5.74) is 5.73. The van der Waals surface area contributed by atoms with E-state index >= 15 is 0 Å². The van der Waals surface area contributed by atoms with Crippen molar-refractivity contribution in [2.24, 2.45) is 0 Å². The van der Waals surface area contributed by atoms with Crippen LogP contribution in [-0.2, 0) is 4.74 Å². The maximum Gasteiger partial charge on any atom is 0.412 e. The molecule has 1 heterocycles. The van der Waals surface area contributed by atoms with Crippen molar-refractivity contribution in [2.75, 3.05) is 23.9 Å². The average Bonchev–Trinajstić information content (AvgIpc) is 2.37. The van der Waals surface area contributed by atoms with Crippen molar-refractivity contribution in [3.63, 3.8) is 0 Å². The van der Waals surface area contributed by atoms with Crippen molar-refractivity contribution in [1.29, 1.82) is 0 Å². The number of anilines is 2. The number of amides is 1. The van der Waals surface area contributed by atoms with Gasteiger partial charge in [0.05, 0.1) is 6.61 Å². The molecule has 1 aromatic rings. The minimum absolute atomic E-state index is 0.103. The zero-order valence-corrected chi connectivity index (χ0v) is 12.4. The molecular formula is C10H17ClN4O2S. The fourth-order valence-corrected chi connectivity index (χ4v) is 1.46. The lowest BCUT2D eigenvalue weighted by atomic mass is 10.5. The molecule has 0 saturated carbocycles. The van der Waals surface area contributed by atoms with Crippen molar-refractivity contribution >= 4 is 41.0 Å². The molecule has 1 amide bonds. The van der Waals surface area contributed by atoms with Crippen LogP contribution < -0.4 is 11.1 Å². The Balaban J connectivity index is 0.00000137. The second-order valence-electron chi connectivity index (χ2n) is 2.61. The van der Waals surface area contributed by atoms with Gasteiger partial charge >= 0.3 is 6.09 Å². The summed E-state index contributed by atoms with van der Waals surface area (Å²) in [6.07, 6.45) is 1.16. The van der Waals surface area contributed by atoms with Gasteiger partial charge in [0.1, 0.15) is 5.69 Å². The quantitative estimate of drug-likeness (QED) is 0.505. The number of thioether (sulfide) groups is 1. The van der Waals surface area contributed by atoms with Gasteiger partial charge < -0.3 is 10.5 Å². The molecule has 0 unspecified atom stereocenters. The van der Waals surface area contributed by atoms with E-state index in [4.69, 9.17) is 22.1 Å². The van der Waals surface area contributed by atoms with Crippen LogP contribution in [0.25, 0.3) is 0 Å². The van der Waals surface area contributed by atoms with Crippen molar-refractivity contribution in [3.8, 4) is 0 Å². The summed E-state index contributed by atoms with van der Waals surface area (Å²) in [5, 5.41) is 2.92. The highest BCUT2D eigenvalue weighted by Gasteiger charge is 2.12. The van der Waals surface area contributed by atoms with Crippen molar-refractivity contribution in [2.45, 2.75) is 25.9 Å². The highest BCUT2D eigenvalue weighted by Crippen LogP contribution is 2.26. The third-order valence-electron chi connectivity index (χ3n) is 1.56. The standard InChI is InChI=1S/C8H11ClN4O2S.C2H6/c1-3-15-8(14)13-6-4(10)5(9)11-7(12-6)16-2;1-2/h3,10H2,1-2H3,(H,11,12,13,14);1-2H3. The fraction of sp³-hybridized carbons (Fsp3) is 0.500. The molecule has 0 radical (unpaired) electrons. The fourth-order valence-electron chi connectivity index (χ4n) is 0.873. The Morgan fingerprint density at radius 2 is 2.11 bits per heavy atom. The van der Waals surface area contributed by atoms with E-state index in [2.05, 4.69) is 15.3 Å². The highest BCUT2D eigenvalue weighted by molar-refractivity contribution is 7.98. The van der Waals surface area contributed by atoms with Crippen LogP contribution in [0.5, 0.6) is 0 Å². The zero-order chi connectivity index (χ0) is 14.1. The number of ether oxygens (including phenoxy) is 1. The molecule has 6 nitrogen and oxygen atoms in total. The van der Waals surface area contributed by atoms with E-state index in [-0.39, 0.29) is 23.3 Å². The number of halogens is 1. The first-order chi connectivity index (χ1) is 8.58. The number of hydrogen-bond acceptors (Lipinski definition) is 6. The van der Waals surface area contributed by atoms with Gasteiger partial charge in [-0.15, -0.1) is 0 Å². The molecule has 0 bridgehead atoms. The highest BCUT2D eigenvalue weighted by atomic mass is 35.5. The Morgan fingerprint density at radius 3 is 2.61 bits per heavy atom. The Bertz CT molecular complexity index is 404. The first-order valence-electron chi connectivity index (χ1n) is 5.39. The molecule has 0 spiro atoms. The number of carbonyl (C=O) groups is 1. The number of rotatable bonds is 3. The van der Waals surface area contributed by atoms with Crippen LogP contribution >= 0.6 is 23.4 Å². The number of nitrogens with zero attached hydrogens (tertiary/aromatic N) is 2. The number of nitrogens with two attached hydrogens (primary N) is 1. The minimum atomic E-state index is -0.629. The molecular weight excluding hydrogens is 276 g/mol. The lowest BCUT2D eigenvalue weighted by molar-refractivity contribution is 0.168. The summed E-state index contributed by atoms with van der Waals surface area (Å²) in [4.78, 5) is 19.1. The molecule has 0 atom stereocenters. The first-order valence-corrected chi connectivity index (χ1v) is 6.99. The van der Waals surface area contributed by atoms with Crippen molar-refractivity contribution < 1.29 is 9.53 Å². The lowest BCUT2D eigenvalue weighted by Crippen LogP contribution is -2.16. The summed E-state index contributed by atoms with van der Waals surface area (Å²) in [5.74, 6) is 0.155. The predicted molar refractivity (Wildman–Crippen MR) is 75.2 cm³/mol. The maximum atomic E-state index is 11.2. The zero-order valence-electron chi connectivity index (χ0n) is 10.8. The van der Waals surface area contributed by atoms with E-state index in [1.807, 2.05) is 13.8 Å². The summed E-state index contributed by atoms with van der Waals surface area (Å²) < 4.78 is 4.70. The molecule has 1 aromatic heterocycles. The minimum Gasteiger partial charge on any atom is -0.450 e. The van der Waals surface area contributed by atoms with Gasteiger partial charge in [-0.2, -0.15) is 0 Å². The number of carbonyl (C=O) groups excluding carboxylic acids is 1. The van der Waals surface area contributed by atoms with Gasteiger partial charge in [0, 0.05) is 0 Å². The number of nitrogens with one attached hydrogen (secondary N) is 1. The van der Waals surface area contributed by atoms with E-state index in [0.29, 0.717) is 5.16 Å². The molecule has 0 saturated heterocycles. The van der Waals surface area contributed by atoms with Gasteiger partial charge in [-0.3, -0.25) is 5.32 Å². The van der Waals surface area contributed by atoms with Crippen LogP contribution in [0.1, 0.15) is 20.8 Å². The normalized spacial score (nSPS) is 9.17. The monoisotopic (exact) mass is 292 g/mol. The molecule has 3 N–H and O–H groups in total. The van der Waals surface area contributed by atoms with Crippen molar-refractivity contribution in [1.82, 2.24) is 9.97 Å². The summed E-state index contributed by atoms with van der Waals surface area (Å²) in [6.45, 7) is 5.96. The summed E-state index contributed by atoms with van der Waals surface area (Å²) >= 11 is 7.07. The molecule has 1 rings (SSSR count). The molecule has 0 aliphatic heterocycles. The van der Waals surface area contributed by atoms with Crippen LogP contribution in [0.15, 0.2) is 5.16 Å². The topological polar surface area (TPSA) is 90.1 Å². The van der Waals surface area contributed by atoms with Gasteiger partial charge in [-0.25, -0.2) is 14.8 Å². The van der Waals surface area contributed by atoms with E-state index in [9.17, 15) is 4.79 Å². The third kappa shape index (κ3) is 4.97. The Hall–Kier alpha value is -1.21. The van der Waals surface area contributed by atoms with E-state index in [1.54, 1.807) is 13.2 Å². The lowest BCUT2D eigenvalue weighted by Gasteiger charge is -2.08. The summed E-state index contributed by atoms with van der Waals surface area (Å²) in [6, 6.07) is 0. The third-order valence-corrected chi connectivity index (χ3v) is 2.39. The average molecular weight is 293 g/mol. The SMILES string of the molecule is CC.CCOC(=O)Nc1nc(SC)nc(Cl)c1N. The Morgan fingerprint density at radius 1 is 1.50 bits per heavy atom. The molecule has 0 aromatic carbocycles. The molecule has 8 heteroatoms. The molecule has 0 aliphatic carbocycles. The molecule has 102 valence electrons. The second kappa shape index (κ2) is 8.82. The molecule has 0 aliphatic rings. The number of aromatic nitrogens is 2. The second-order valence-corrected chi connectivity index (χ2v) is 3.74. The van der Waals surface area contributed by atoms with Crippen LogP contribution in [-0.4, -0.2) is 28.9 Å². The molecule has 0 fully saturated rings. The Labute approximate surface area is 116 Å². The van der Waals surface area contributed by atoms with Crippen LogP contribution in [0, 0.1) is 0 Å².